The van der Waals surface area contributed by atoms with Gasteiger partial charge in [0, 0.05) is 13.1 Å². The van der Waals surface area contributed by atoms with Crippen LogP contribution in [0.2, 0.25) is 0 Å². The molecule has 1 aliphatic heterocycles. The number of nitrogens with one attached hydrogen (secondary N) is 1. The minimum Gasteiger partial charge on any atom is -0.497 e. The molecular formula is C23H27N3O4S. The van der Waals surface area contributed by atoms with Crippen LogP contribution in [0.25, 0.3) is 5.70 Å². The lowest BCUT2D eigenvalue weighted by molar-refractivity contribution is 0.304. The van der Waals surface area contributed by atoms with E-state index in [1.165, 1.54) is 0 Å². The van der Waals surface area contributed by atoms with Crippen molar-refractivity contribution in [1.29, 1.82) is 5.26 Å². The highest BCUT2D eigenvalue weighted by atomic mass is 32.2. The van der Waals surface area contributed by atoms with Crippen LogP contribution in [0.1, 0.15) is 18.9 Å². The first-order chi connectivity index (χ1) is 14.9. The number of rotatable bonds is 8. The Kier molecular flexibility index (Phi) is 7.21. The lowest BCUT2D eigenvalue weighted by Gasteiger charge is -2.27. The largest absolute Gasteiger partial charge is 0.497 e. The zero-order valence-electron chi connectivity index (χ0n) is 18.0. The van der Waals surface area contributed by atoms with Crippen LogP contribution in [0.3, 0.4) is 0 Å². The Morgan fingerprint density at radius 1 is 1.26 bits per heavy atom. The van der Waals surface area contributed by atoms with Crippen LogP contribution in [0.4, 0.5) is 0 Å². The topological polar surface area (TPSA) is 91.7 Å². The number of nitriles is 1. The Morgan fingerprint density at radius 3 is 2.61 bits per heavy atom. The zero-order valence-corrected chi connectivity index (χ0v) is 18.8. The van der Waals surface area contributed by atoms with Crippen LogP contribution in [-0.4, -0.2) is 52.4 Å². The summed E-state index contributed by atoms with van der Waals surface area (Å²) in [7, 11) is -1.58. The predicted octanol–water partition coefficient (Wildman–Crippen LogP) is 2.97. The standard InChI is InChI=1S/C23H27N3O4S/c1-4-26-22-13-12-18(29-2)6-5-7-20(22)21(16-24)23(26)17-8-10-19(11-9-17)30-15-14-25-31(3,27)28/h6-13,22,25H,4-5,14-15H2,1-3H3/b13-12?,18-6+,20-7-. The van der Waals surface area contributed by atoms with Gasteiger partial charge in [0.15, 0.2) is 0 Å². The van der Waals surface area contributed by atoms with Gasteiger partial charge in [-0.25, -0.2) is 13.1 Å². The Balaban J connectivity index is 1.83. The average Bonchev–Trinajstić information content (AvgIpc) is 3.02. The molecule has 1 aliphatic carbocycles. The first kappa shape index (κ1) is 22.7. The van der Waals surface area contributed by atoms with Gasteiger partial charge < -0.3 is 14.4 Å². The van der Waals surface area contributed by atoms with Crippen molar-refractivity contribution in [2.45, 2.75) is 19.4 Å². The number of ether oxygens (including phenoxy) is 2. The summed E-state index contributed by atoms with van der Waals surface area (Å²) >= 11 is 0. The van der Waals surface area contributed by atoms with E-state index in [2.05, 4.69) is 34.8 Å². The van der Waals surface area contributed by atoms with E-state index in [9.17, 15) is 13.7 Å². The van der Waals surface area contributed by atoms with E-state index < -0.39 is 10.0 Å². The number of benzene rings is 1. The predicted molar refractivity (Wildman–Crippen MR) is 120 cm³/mol. The monoisotopic (exact) mass is 441 g/mol. The van der Waals surface area contributed by atoms with Crippen molar-refractivity contribution < 1.29 is 17.9 Å². The number of fused-ring (bicyclic) bond motifs is 1. The summed E-state index contributed by atoms with van der Waals surface area (Å²) in [5.41, 5.74) is 3.52. The quantitative estimate of drug-likeness (QED) is 0.624. The minimum absolute atomic E-state index is 0.0218. The fourth-order valence-electron chi connectivity index (χ4n) is 3.76. The normalized spacial score (nSPS) is 21.9. The van der Waals surface area contributed by atoms with Crippen molar-refractivity contribution >= 4 is 15.7 Å². The van der Waals surface area contributed by atoms with Crippen molar-refractivity contribution in [1.82, 2.24) is 9.62 Å². The Hall–Kier alpha value is -3.02. The number of allylic oxidation sites excluding steroid dienone is 3. The van der Waals surface area contributed by atoms with Gasteiger partial charge in [-0.1, -0.05) is 12.2 Å². The zero-order chi connectivity index (χ0) is 22.4. The first-order valence-corrected chi connectivity index (χ1v) is 12.0. The molecule has 0 bridgehead atoms. The molecule has 0 spiro atoms. The summed E-state index contributed by atoms with van der Waals surface area (Å²) in [6, 6.07) is 9.91. The van der Waals surface area contributed by atoms with Gasteiger partial charge >= 0.3 is 0 Å². The molecule has 0 fully saturated rings. The van der Waals surface area contributed by atoms with Gasteiger partial charge in [0.25, 0.3) is 0 Å². The third kappa shape index (κ3) is 5.37. The molecule has 1 aromatic carbocycles. The fourth-order valence-corrected chi connectivity index (χ4v) is 4.21. The third-order valence-electron chi connectivity index (χ3n) is 5.12. The Labute approximate surface area is 184 Å². The van der Waals surface area contributed by atoms with Gasteiger partial charge in [0.2, 0.25) is 10.0 Å². The fraction of sp³-hybridized carbons (Fsp3) is 0.348. The summed E-state index contributed by atoms with van der Waals surface area (Å²) in [6.07, 6.45) is 9.92. The molecule has 1 heterocycles. The van der Waals surface area contributed by atoms with E-state index in [1.807, 2.05) is 36.4 Å². The van der Waals surface area contributed by atoms with Crippen LogP contribution in [-0.2, 0) is 14.8 Å². The van der Waals surface area contributed by atoms with Gasteiger partial charge in [-0.2, -0.15) is 5.26 Å². The molecule has 1 atom stereocenters. The molecular weight excluding hydrogens is 414 g/mol. The maximum Gasteiger partial charge on any atom is 0.208 e. The van der Waals surface area contributed by atoms with Gasteiger partial charge in [-0.15, -0.1) is 0 Å². The summed E-state index contributed by atoms with van der Waals surface area (Å²) in [5.74, 6) is 1.45. The molecule has 0 radical (unpaired) electrons. The van der Waals surface area contributed by atoms with Gasteiger partial charge in [-0.05, 0) is 60.9 Å². The maximum absolute atomic E-state index is 11.1. The highest BCUT2D eigenvalue weighted by molar-refractivity contribution is 7.88. The van der Waals surface area contributed by atoms with Gasteiger partial charge in [-0.3, -0.25) is 0 Å². The van der Waals surface area contributed by atoms with E-state index in [4.69, 9.17) is 9.47 Å². The molecule has 0 amide bonds. The van der Waals surface area contributed by atoms with Crippen molar-refractivity contribution in [2.24, 2.45) is 0 Å². The second-order valence-electron chi connectivity index (χ2n) is 7.17. The Morgan fingerprint density at radius 2 is 2.00 bits per heavy atom. The molecule has 0 aromatic heterocycles. The van der Waals surface area contributed by atoms with Gasteiger partial charge in [0.05, 0.1) is 30.7 Å². The van der Waals surface area contributed by atoms with Crippen LogP contribution in [0.15, 0.2) is 65.5 Å². The molecule has 164 valence electrons. The summed E-state index contributed by atoms with van der Waals surface area (Å²) < 4.78 is 35.6. The molecule has 2 aliphatic rings. The van der Waals surface area contributed by atoms with E-state index >= 15 is 0 Å². The summed E-state index contributed by atoms with van der Waals surface area (Å²) in [5, 5.41) is 9.95. The number of hydrogen-bond donors (Lipinski definition) is 1. The number of methoxy groups -OCH3 is 1. The lowest BCUT2D eigenvalue weighted by atomic mass is 9.98. The second-order valence-corrected chi connectivity index (χ2v) is 9.00. The molecule has 8 heteroatoms. The van der Waals surface area contributed by atoms with Crippen molar-refractivity contribution in [3.63, 3.8) is 0 Å². The van der Waals surface area contributed by atoms with Crippen molar-refractivity contribution in [3.05, 3.63) is 71.0 Å². The van der Waals surface area contributed by atoms with Gasteiger partial charge in [0.1, 0.15) is 24.2 Å². The number of likely N-dealkylation sites (N-methyl/N-ethyl adjacent to an activating group) is 1. The van der Waals surface area contributed by atoms with Crippen LogP contribution in [0, 0.1) is 11.3 Å². The van der Waals surface area contributed by atoms with E-state index in [1.54, 1.807) is 7.11 Å². The highest BCUT2D eigenvalue weighted by Crippen LogP contribution is 2.40. The molecule has 1 aromatic rings. The summed E-state index contributed by atoms with van der Waals surface area (Å²) in [4.78, 5) is 2.21. The third-order valence-corrected chi connectivity index (χ3v) is 5.85. The highest BCUT2D eigenvalue weighted by Gasteiger charge is 2.34. The van der Waals surface area contributed by atoms with E-state index in [0.717, 1.165) is 35.4 Å². The molecule has 7 nitrogen and oxygen atoms in total. The molecule has 3 rings (SSSR count). The molecule has 31 heavy (non-hydrogen) atoms. The summed E-state index contributed by atoms with van der Waals surface area (Å²) in [6.45, 7) is 3.25. The molecule has 0 saturated heterocycles. The SMILES string of the molecule is CCN1C(c2ccc(OCCNS(C)(=O)=O)cc2)=C(C#N)/C2=C/C/C=C(/OC)C=CC21. The minimum atomic E-state index is -3.23. The van der Waals surface area contributed by atoms with Crippen LogP contribution < -0.4 is 9.46 Å². The first-order valence-electron chi connectivity index (χ1n) is 10.1. The number of hydrogen-bond acceptors (Lipinski definition) is 6. The number of sulfonamides is 1. The maximum atomic E-state index is 11.1. The second kappa shape index (κ2) is 9.86. The number of nitrogens with zero attached hydrogens (tertiary/aromatic N) is 2. The molecule has 1 N–H and O–H groups in total. The van der Waals surface area contributed by atoms with Crippen molar-refractivity contribution in [3.8, 4) is 11.8 Å². The lowest BCUT2D eigenvalue weighted by Crippen LogP contribution is -2.29. The average molecular weight is 442 g/mol. The smallest absolute Gasteiger partial charge is 0.208 e. The molecule has 1 unspecified atom stereocenters. The van der Waals surface area contributed by atoms with E-state index in [-0.39, 0.29) is 19.2 Å². The van der Waals surface area contributed by atoms with Crippen LogP contribution >= 0.6 is 0 Å². The molecule has 0 saturated carbocycles. The van der Waals surface area contributed by atoms with Crippen molar-refractivity contribution in [2.75, 3.05) is 33.1 Å². The Bertz CT molecular complexity index is 1080. The van der Waals surface area contributed by atoms with Crippen LogP contribution in [0.5, 0.6) is 5.75 Å². The van der Waals surface area contributed by atoms with E-state index in [0.29, 0.717) is 17.7 Å².